The molecule has 0 aliphatic carbocycles. The lowest BCUT2D eigenvalue weighted by molar-refractivity contribution is -0.122. The first-order valence-corrected chi connectivity index (χ1v) is 7.92. The molecule has 1 aromatic rings. The molecular formula is C15H21BrN2O2. The minimum absolute atomic E-state index is 0.132. The van der Waals surface area contributed by atoms with Gasteiger partial charge in [-0.2, -0.15) is 0 Å². The number of halogens is 1. The molecule has 1 aliphatic rings. The van der Waals surface area contributed by atoms with E-state index in [4.69, 9.17) is 4.74 Å². The van der Waals surface area contributed by atoms with Crippen LogP contribution in [0.5, 0.6) is 5.75 Å². The molecule has 1 saturated heterocycles. The van der Waals surface area contributed by atoms with Gasteiger partial charge in [0.05, 0.1) is 11.1 Å². The van der Waals surface area contributed by atoms with Crippen molar-refractivity contribution in [3.63, 3.8) is 0 Å². The number of amides is 1. The fourth-order valence-electron chi connectivity index (χ4n) is 2.24. The zero-order valence-corrected chi connectivity index (χ0v) is 13.1. The summed E-state index contributed by atoms with van der Waals surface area (Å²) in [6.45, 7) is 2.55. The van der Waals surface area contributed by atoms with Crippen LogP contribution in [0.25, 0.3) is 0 Å². The fourth-order valence-corrected chi connectivity index (χ4v) is 2.64. The van der Waals surface area contributed by atoms with Crippen molar-refractivity contribution >= 4 is 21.8 Å². The van der Waals surface area contributed by atoms with E-state index < -0.39 is 0 Å². The van der Waals surface area contributed by atoms with Crippen LogP contribution in [0.1, 0.15) is 25.7 Å². The third kappa shape index (κ3) is 5.13. The first-order valence-electron chi connectivity index (χ1n) is 7.13. The van der Waals surface area contributed by atoms with Crippen LogP contribution in [0.4, 0.5) is 0 Å². The molecule has 0 spiro atoms. The van der Waals surface area contributed by atoms with Crippen molar-refractivity contribution in [2.45, 2.75) is 31.7 Å². The third-order valence-electron chi connectivity index (χ3n) is 3.35. The van der Waals surface area contributed by atoms with Crippen molar-refractivity contribution in [3.05, 3.63) is 28.7 Å². The highest BCUT2D eigenvalue weighted by atomic mass is 79.9. The third-order valence-corrected chi connectivity index (χ3v) is 4.00. The summed E-state index contributed by atoms with van der Waals surface area (Å²) < 4.78 is 6.58. The fraction of sp³-hybridized carbons (Fsp3) is 0.533. The zero-order chi connectivity index (χ0) is 14.2. The zero-order valence-electron chi connectivity index (χ0n) is 11.5. The van der Waals surface area contributed by atoms with Crippen LogP contribution in [0.3, 0.4) is 0 Å². The van der Waals surface area contributed by atoms with Gasteiger partial charge < -0.3 is 15.4 Å². The van der Waals surface area contributed by atoms with Gasteiger partial charge in [-0.05, 0) is 60.4 Å². The van der Waals surface area contributed by atoms with Gasteiger partial charge in [-0.3, -0.25) is 4.79 Å². The molecule has 2 N–H and O–H groups in total. The number of rotatable bonds is 6. The molecule has 0 atom stereocenters. The van der Waals surface area contributed by atoms with Crippen LogP contribution >= 0.6 is 15.9 Å². The Bertz CT molecular complexity index is 434. The molecule has 2 rings (SSSR count). The van der Waals surface area contributed by atoms with E-state index in [0.29, 0.717) is 19.1 Å². The van der Waals surface area contributed by atoms with Crippen molar-refractivity contribution in [2.75, 3.05) is 19.7 Å². The standard InChI is InChI=1S/C15H21BrN2O2/c16-13-4-1-2-5-14(13)20-11-3-6-15(19)18-12-7-9-17-10-8-12/h1-2,4-5,12,17H,3,6-11H2,(H,18,19). The van der Waals surface area contributed by atoms with Crippen molar-refractivity contribution in [2.24, 2.45) is 0 Å². The van der Waals surface area contributed by atoms with Crippen LogP contribution in [-0.4, -0.2) is 31.6 Å². The molecular weight excluding hydrogens is 320 g/mol. The molecule has 1 heterocycles. The maximum atomic E-state index is 11.8. The molecule has 0 unspecified atom stereocenters. The van der Waals surface area contributed by atoms with Crippen LogP contribution in [0, 0.1) is 0 Å². The van der Waals surface area contributed by atoms with E-state index in [9.17, 15) is 4.79 Å². The Kier molecular flexibility index (Phi) is 6.33. The number of carbonyl (C=O) groups excluding carboxylic acids is 1. The maximum absolute atomic E-state index is 11.8. The molecule has 20 heavy (non-hydrogen) atoms. The lowest BCUT2D eigenvalue weighted by Gasteiger charge is -2.23. The number of carbonyl (C=O) groups is 1. The van der Waals surface area contributed by atoms with Crippen LogP contribution < -0.4 is 15.4 Å². The molecule has 4 nitrogen and oxygen atoms in total. The van der Waals surface area contributed by atoms with Gasteiger partial charge in [-0.25, -0.2) is 0 Å². The number of benzene rings is 1. The Labute approximate surface area is 128 Å². The quantitative estimate of drug-likeness (QED) is 0.782. The predicted molar refractivity (Wildman–Crippen MR) is 82.9 cm³/mol. The lowest BCUT2D eigenvalue weighted by Crippen LogP contribution is -2.42. The smallest absolute Gasteiger partial charge is 0.220 e. The number of nitrogens with one attached hydrogen (secondary N) is 2. The highest BCUT2D eigenvalue weighted by Crippen LogP contribution is 2.23. The molecule has 1 fully saturated rings. The second-order valence-corrected chi connectivity index (χ2v) is 5.83. The lowest BCUT2D eigenvalue weighted by atomic mass is 10.1. The summed E-state index contributed by atoms with van der Waals surface area (Å²) in [5.41, 5.74) is 0. The number of hydrogen-bond donors (Lipinski definition) is 2. The van der Waals surface area contributed by atoms with Crippen molar-refractivity contribution in [3.8, 4) is 5.75 Å². The molecule has 0 radical (unpaired) electrons. The molecule has 1 aliphatic heterocycles. The molecule has 0 saturated carbocycles. The number of para-hydroxylation sites is 1. The van der Waals surface area contributed by atoms with Gasteiger partial charge in [0, 0.05) is 12.5 Å². The van der Waals surface area contributed by atoms with E-state index in [1.54, 1.807) is 0 Å². The summed E-state index contributed by atoms with van der Waals surface area (Å²) in [6.07, 6.45) is 3.31. The van der Waals surface area contributed by atoms with Gasteiger partial charge in [0.15, 0.2) is 0 Å². The average molecular weight is 341 g/mol. The molecule has 5 heteroatoms. The minimum Gasteiger partial charge on any atom is -0.492 e. The van der Waals surface area contributed by atoms with Crippen molar-refractivity contribution < 1.29 is 9.53 Å². The maximum Gasteiger partial charge on any atom is 0.220 e. The highest BCUT2D eigenvalue weighted by molar-refractivity contribution is 9.10. The van der Waals surface area contributed by atoms with E-state index in [0.717, 1.165) is 42.6 Å². The van der Waals surface area contributed by atoms with Gasteiger partial charge in [0.2, 0.25) is 5.91 Å². The molecule has 1 aromatic carbocycles. The van der Waals surface area contributed by atoms with E-state index >= 15 is 0 Å². The highest BCUT2D eigenvalue weighted by Gasteiger charge is 2.14. The second-order valence-electron chi connectivity index (χ2n) is 4.97. The Balaban J connectivity index is 1.60. The first-order chi connectivity index (χ1) is 9.75. The Morgan fingerprint density at radius 1 is 1.35 bits per heavy atom. The van der Waals surface area contributed by atoms with E-state index in [2.05, 4.69) is 26.6 Å². The summed E-state index contributed by atoms with van der Waals surface area (Å²) >= 11 is 3.43. The van der Waals surface area contributed by atoms with E-state index in [-0.39, 0.29) is 5.91 Å². The Morgan fingerprint density at radius 3 is 2.85 bits per heavy atom. The van der Waals surface area contributed by atoms with Crippen molar-refractivity contribution in [1.82, 2.24) is 10.6 Å². The summed E-state index contributed by atoms with van der Waals surface area (Å²) in [5.74, 6) is 0.957. The van der Waals surface area contributed by atoms with Crippen molar-refractivity contribution in [1.29, 1.82) is 0 Å². The molecule has 0 bridgehead atoms. The summed E-state index contributed by atoms with van der Waals surface area (Å²) in [4.78, 5) is 11.8. The first kappa shape index (κ1) is 15.3. The van der Waals surface area contributed by atoms with Gasteiger partial charge in [-0.15, -0.1) is 0 Å². The minimum atomic E-state index is 0.132. The van der Waals surface area contributed by atoms with Gasteiger partial charge in [-0.1, -0.05) is 12.1 Å². The molecule has 110 valence electrons. The van der Waals surface area contributed by atoms with Crippen LogP contribution in [0.2, 0.25) is 0 Å². The summed E-state index contributed by atoms with van der Waals surface area (Å²) in [6, 6.07) is 8.08. The monoisotopic (exact) mass is 340 g/mol. The average Bonchev–Trinajstić information content (AvgIpc) is 2.46. The topological polar surface area (TPSA) is 50.4 Å². The largest absolute Gasteiger partial charge is 0.492 e. The predicted octanol–water partition coefficient (Wildman–Crippen LogP) is 2.48. The van der Waals surface area contributed by atoms with Gasteiger partial charge in [0.25, 0.3) is 0 Å². The molecule has 0 aromatic heterocycles. The van der Waals surface area contributed by atoms with E-state index in [1.165, 1.54) is 0 Å². The number of hydrogen-bond acceptors (Lipinski definition) is 3. The number of piperidine rings is 1. The summed E-state index contributed by atoms with van der Waals surface area (Å²) in [5, 5.41) is 6.37. The SMILES string of the molecule is O=C(CCCOc1ccccc1Br)NC1CCNCC1. The van der Waals surface area contributed by atoms with E-state index in [1.807, 2.05) is 24.3 Å². The Hall–Kier alpha value is -1.07. The van der Waals surface area contributed by atoms with Crippen LogP contribution in [0.15, 0.2) is 28.7 Å². The van der Waals surface area contributed by atoms with Gasteiger partial charge in [0.1, 0.15) is 5.75 Å². The second kappa shape index (κ2) is 8.27. The van der Waals surface area contributed by atoms with Gasteiger partial charge >= 0.3 is 0 Å². The normalized spacial score (nSPS) is 15.8. The van der Waals surface area contributed by atoms with Crippen LogP contribution in [-0.2, 0) is 4.79 Å². The molecule has 1 amide bonds. The Morgan fingerprint density at radius 2 is 2.10 bits per heavy atom. The summed E-state index contributed by atoms with van der Waals surface area (Å²) in [7, 11) is 0. The number of ether oxygens (including phenoxy) is 1.